The fourth-order valence-electron chi connectivity index (χ4n) is 3.41. The molecule has 2 heterocycles. The Hall–Kier alpha value is -3.27. The average Bonchev–Trinajstić information content (AvgIpc) is 3.23. The number of ether oxygens (including phenoxy) is 5. The first-order valence-corrected chi connectivity index (χ1v) is 11.1. The predicted octanol–water partition coefficient (Wildman–Crippen LogP) is 4.49. The first-order chi connectivity index (χ1) is 15.5. The van der Waals surface area contributed by atoms with Crippen molar-refractivity contribution in [1.82, 2.24) is 0 Å². The highest BCUT2D eigenvalue weighted by Gasteiger charge is 2.38. The molecule has 0 saturated heterocycles. The van der Waals surface area contributed by atoms with E-state index in [-0.39, 0.29) is 28.4 Å². The molecule has 0 radical (unpaired) electrons. The number of hydrogen-bond donors (Lipinski definition) is 1. The molecule has 0 amide bonds. The minimum atomic E-state index is -0.912. The van der Waals surface area contributed by atoms with E-state index >= 15 is 0 Å². The van der Waals surface area contributed by atoms with E-state index in [1.54, 1.807) is 46.8 Å². The molecule has 1 aliphatic heterocycles. The molecule has 0 spiro atoms. The van der Waals surface area contributed by atoms with Gasteiger partial charge in [-0.25, -0.2) is 14.4 Å². The molecule has 1 atom stereocenters. The molecule has 1 N–H and O–H groups in total. The summed E-state index contributed by atoms with van der Waals surface area (Å²) in [6.07, 6.45) is -0.912. The third-order valence-electron chi connectivity index (χ3n) is 4.76. The van der Waals surface area contributed by atoms with E-state index in [1.807, 2.05) is 0 Å². The minimum absolute atomic E-state index is 0.160. The molecule has 3 rings (SSSR count). The van der Waals surface area contributed by atoms with Gasteiger partial charge in [-0.2, -0.15) is 0 Å². The molecule has 0 unspecified atom stereocenters. The van der Waals surface area contributed by atoms with Crippen LogP contribution in [0, 0.1) is 6.92 Å². The Morgan fingerprint density at radius 3 is 2.42 bits per heavy atom. The Kier molecular flexibility index (Phi) is 6.87. The first-order valence-electron chi connectivity index (χ1n) is 10.3. The van der Waals surface area contributed by atoms with E-state index in [4.69, 9.17) is 23.7 Å². The number of cyclic esters (lactones) is 1. The molecule has 10 heteroatoms. The van der Waals surface area contributed by atoms with Crippen LogP contribution in [0.15, 0.2) is 12.1 Å². The van der Waals surface area contributed by atoms with Crippen molar-refractivity contribution in [3.8, 4) is 11.5 Å². The van der Waals surface area contributed by atoms with Crippen molar-refractivity contribution >= 4 is 34.2 Å². The number of carbonyl (C=O) groups is 3. The number of fused-ring (bicyclic) bond motifs is 1. The van der Waals surface area contributed by atoms with Crippen LogP contribution in [0.3, 0.4) is 0 Å². The summed E-state index contributed by atoms with van der Waals surface area (Å²) in [6.45, 7) is 8.78. The number of rotatable bonds is 7. The molecule has 1 aromatic heterocycles. The highest BCUT2D eigenvalue weighted by Crippen LogP contribution is 2.44. The van der Waals surface area contributed by atoms with Crippen molar-refractivity contribution in [3.63, 3.8) is 0 Å². The van der Waals surface area contributed by atoms with Gasteiger partial charge in [0.2, 0.25) is 6.23 Å². The molecular formula is C23H27NO8S. The molecule has 0 aliphatic carbocycles. The van der Waals surface area contributed by atoms with Crippen LogP contribution in [0.2, 0.25) is 0 Å². The van der Waals surface area contributed by atoms with Crippen LogP contribution in [0.25, 0.3) is 0 Å². The summed E-state index contributed by atoms with van der Waals surface area (Å²) in [6, 6.07) is 3.34. The molecular weight excluding hydrogens is 450 g/mol. The van der Waals surface area contributed by atoms with Crippen molar-refractivity contribution in [2.45, 2.75) is 46.4 Å². The number of carbonyl (C=O) groups excluding carboxylic acids is 3. The fraction of sp³-hybridized carbons (Fsp3) is 0.435. The second-order valence-electron chi connectivity index (χ2n) is 8.18. The lowest BCUT2D eigenvalue weighted by Gasteiger charge is -2.19. The van der Waals surface area contributed by atoms with Crippen molar-refractivity contribution in [2.75, 3.05) is 26.1 Å². The first kappa shape index (κ1) is 24.4. The maximum Gasteiger partial charge on any atom is 0.349 e. The number of nitrogens with one attached hydrogen (secondary N) is 1. The predicted molar refractivity (Wildman–Crippen MR) is 122 cm³/mol. The highest BCUT2D eigenvalue weighted by molar-refractivity contribution is 7.18. The highest BCUT2D eigenvalue weighted by atomic mass is 32.1. The van der Waals surface area contributed by atoms with Crippen molar-refractivity contribution in [1.29, 1.82) is 0 Å². The summed E-state index contributed by atoms with van der Waals surface area (Å²) in [5, 5.41) is 3.40. The third kappa shape index (κ3) is 4.75. The van der Waals surface area contributed by atoms with E-state index in [9.17, 15) is 14.4 Å². The minimum Gasteiger partial charge on any atom is -0.493 e. The molecule has 0 saturated carbocycles. The summed E-state index contributed by atoms with van der Waals surface area (Å²) in [5.41, 5.74) is 0.644. The molecule has 33 heavy (non-hydrogen) atoms. The second kappa shape index (κ2) is 9.30. The van der Waals surface area contributed by atoms with Gasteiger partial charge in [0.25, 0.3) is 0 Å². The molecule has 178 valence electrons. The Labute approximate surface area is 195 Å². The van der Waals surface area contributed by atoms with Crippen molar-refractivity contribution in [3.05, 3.63) is 39.3 Å². The van der Waals surface area contributed by atoms with Crippen LogP contribution in [0.5, 0.6) is 11.5 Å². The van der Waals surface area contributed by atoms with Gasteiger partial charge in [-0.1, -0.05) is 0 Å². The van der Waals surface area contributed by atoms with Gasteiger partial charge in [0.1, 0.15) is 21.0 Å². The molecule has 9 nitrogen and oxygen atoms in total. The van der Waals surface area contributed by atoms with E-state index in [0.29, 0.717) is 21.9 Å². The molecule has 2 aromatic rings. The lowest BCUT2D eigenvalue weighted by Crippen LogP contribution is -2.23. The smallest absolute Gasteiger partial charge is 0.349 e. The van der Waals surface area contributed by atoms with E-state index < -0.39 is 29.7 Å². The lowest BCUT2D eigenvalue weighted by atomic mass is 10.1. The summed E-state index contributed by atoms with van der Waals surface area (Å²) < 4.78 is 26.8. The Morgan fingerprint density at radius 1 is 1.15 bits per heavy atom. The topological polar surface area (TPSA) is 109 Å². The molecule has 1 aliphatic rings. The van der Waals surface area contributed by atoms with Crippen LogP contribution < -0.4 is 14.8 Å². The average molecular weight is 478 g/mol. The lowest BCUT2D eigenvalue weighted by molar-refractivity contribution is 0.00741. The fourth-order valence-corrected chi connectivity index (χ4v) is 4.50. The largest absolute Gasteiger partial charge is 0.493 e. The molecule has 1 aromatic carbocycles. The van der Waals surface area contributed by atoms with Crippen LogP contribution in [0.4, 0.5) is 5.00 Å². The number of thiophene rings is 1. The van der Waals surface area contributed by atoms with Gasteiger partial charge in [0.05, 0.1) is 26.4 Å². The number of benzene rings is 1. The number of esters is 3. The summed E-state index contributed by atoms with van der Waals surface area (Å²) in [7, 11) is 2.90. The number of hydrogen-bond acceptors (Lipinski definition) is 10. The van der Waals surface area contributed by atoms with Gasteiger partial charge in [0, 0.05) is 5.56 Å². The van der Waals surface area contributed by atoms with Crippen LogP contribution in [-0.2, 0) is 14.2 Å². The maximum absolute atomic E-state index is 12.8. The molecule has 0 fully saturated rings. The monoisotopic (exact) mass is 477 g/mol. The summed E-state index contributed by atoms with van der Waals surface area (Å²) in [4.78, 5) is 38.4. The zero-order valence-corrected chi connectivity index (χ0v) is 20.4. The standard InChI is InChI=1S/C23H27NO8S/c1-8-30-20(25)14-11(2)17(22(27)32-23(3,4)5)33-19(14)24-18-12-9-10-13(28-6)16(29-7)15(12)21(26)31-18/h9-10,18,24H,8H2,1-7H3/t18-/m1/s1. The van der Waals surface area contributed by atoms with Crippen LogP contribution in [0.1, 0.15) is 75.4 Å². The summed E-state index contributed by atoms with van der Waals surface area (Å²) >= 11 is 1.04. The van der Waals surface area contributed by atoms with Gasteiger partial charge in [-0.05, 0) is 52.3 Å². The van der Waals surface area contributed by atoms with Gasteiger partial charge in [0.15, 0.2) is 11.5 Å². The zero-order chi connectivity index (χ0) is 24.5. The van der Waals surface area contributed by atoms with Crippen LogP contribution in [-0.4, -0.2) is 44.3 Å². The molecule has 0 bridgehead atoms. The number of anilines is 1. The van der Waals surface area contributed by atoms with Crippen LogP contribution >= 0.6 is 11.3 Å². The van der Waals surface area contributed by atoms with Gasteiger partial charge < -0.3 is 29.0 Å². The Bertz CT molecular complexity index is 1100. The van der Waals surface area contributed by atoms with Crippen molar-refractivity contribution in [2.24, 2.45) is 0 Å². The maximum atomic E-state index is 12.8. The Balaban J connectivity index is 2.04. The quantitative estimate of drug-likeness (QED) is 0.456. The Morgan fingerprint density at radius 2 is 1.85 bits per heavy atom. The van der Waals surface area contributed by atoms with E-state index in [2.05, 4.69) is 5.32 Å². The number of methoxy groups -OCH3 is 2. The zero-order valence-electron chi connectivity index (χ0n) is 19.6. The van der Waals surface area contributed by atoms with Crippen molar-refractivity contribution < 1.29 is 38.1 Å². The van der Waals surface area contributed by atoms with E-state index in [0.717, 1.165) is 11.3 Å². The summed E-state index contributed by atoms with van der Waals surface area (Å²) in [5.74, 6) is -1.11. The van der Waals surface area contributed by atoms with Gasteiger partial charge in [-0.15, -0.1) is 11.3 Å². The third-order valence-corrected chi connectivity index (χ3v) is 5.97. The SMILES string of the molecule is CCOC(=O)c1c(N[C@@H]2OC(=O)c3c2ccc(OC)c3OC)sc(C(=O)OC(C)(C)C)c1C. The van der Waals surface area contributed by atoms with E-state index in [1.165, 1.54) is 14.2 Å². The normalized spacial score (nSPS) is 14.9. The van der Waals surface area contributed by atoms with Gasteiger partial charge in [-0.3, -0.25) is 0 Å². The van der Waals surface area contributed by atoms with Gasteiger partial charge >= 0.3 is 17.9 Å². The second-order valence-corrected chi connectivity index (χ2v) is 9.20.